The van der Waals surface area contributed by atoms with Crippen molar-refractivity contribution in [3.8, 4) is 5.75 Å². The van der Waals surface area contributed by atoms with Crippen LogP contribution in [0.15, 0.2) is 30.6 Å². The first-order valence-electron chi connectivity index (χ1n) is 6.38. The van der Waals surface area contributed by atoms with E-state index in [1.54, 1.807) is 20.0 Å². The molecule has 1 heterocycles. The summed E-state index contributed by atoms with van der Waals surface area (Å²) in [5, 5.41) is 0. The van der Waals surface area contributed by atoms with Gasteiger partial charge in [-0.25, -0.2) is 9.37 Å². The zero-order chi connectivity index (χ0) is 15.4. The van der Waals surface area contributed by atoms with E-state index in [0.29, 0.717) is 5.56 Å². The molecule has 0 saturated heterocycles. The van der Waals surface area contributed by atoms with Gasteiger partial charge in [-0.2, -0.15) is 0 Å². The van der Waals surface area contributed by atoms with E-state index in [9.17, 15) is 9.18 Å². The van der Waals surface area contributed by atoms with Crippen LogP contribution in [-0.2, 0) is 6.54 Å². The molecule has 0 N–H and O–H groups in total. The van der Waals surface area contributed by atoms with Gasteiger partial charge in [0.15, 0.2) is 11.6 Å². The number of rotatable bonds is 4. The van der Waals surface area contributed by atoms with Crippen molar-refractivity contribution < 1.29 is 13.9 Å². The average Bonchev–Trinajstić information content (AvgIpc) is 2.47. The quantitative estimate of drug-likeness (QED) is 0.866. The first-order chi connectivity index (χ1) is 10.0. The maximum atomic E-state index is 13.6. The minimum absolute atomic E-state index is 0.178. The number of methoxy groups -OCH3 is 1. The number of benzene rings is 1. The van der Waals surface area contributed by atoms with Gasteiger partial charge in [0, 0.05) is 19.8 Å². The van der Waals surface area contributed by atoms with Crippen molar-refractivity contribution in [2.45, 2.75) is 13.5 Å². The van der Waals surface area contributed by atoms with E-state index < -0.39 is 5.82 Å². The van der Waals surface area contributed by atoms with Crippen LogP contribution in [0.3, 0.4) is 0 Å². The standard InChI is InChI=1S/C15H16FN3O2/c1-10-7-18-13(8-17-10)15(20)19(2)9-11-4-5-14(21-3)12(16)6-11/h4-8H,9H2,1-3H3. The van der Waals surface area contributed by atoms with Gasteiger partial charge in [-0.1, -0.05) is 6.07 Å². The molecule has 0 fully saturated rings. The van der Waals surface area contributed by atoms with Crippen molar-refractivity contribution in [1.29, 1.82) is 0 Å². The van der Waals surface area contributed by atoms with Gasteiger partial charge < -0.3 is 9.64 Å². The number of aromatic nitrogens is 2. The molecule has 0 bridgehead atoms. The highest BCUT2D eigenvalue weighted by atomic mass is 19.1. The van der Waals surface area contributed by atoms with Crippen LogP contribution in [0.5, 0.6) is 5.75 Å². The summed E-state index contributed by atoms with van der Waals surface area (Å²) in [5.41, 5.74) is 1.67. The molecule has 1 aromatic heterocycles. The molecule has 0 aliphatic rings. The first kappa shape index (κ1) is 14.9. The Kier molecular flexibility index (Phi) is 4.47. The number of amides is 1. The molecule has 21 heavy (non-hydrogen) atoms. The molecule has 0 spiro atoms. The van der Waals surface area contributed by atoms with Gasteiger partial charge in [0.2, 0.25) is 0 Å². The summed E-state index contributed by atoms with van der Waals surface area (Å²) in [5.74, 6) is -0.540. The third kappa shape index (κ3) is 3.53. The van der Waals surface area contributed by atoms with Crippen molar-refractivity contribution in [1.82, 2.24) is 14.9 Å². The number of hydrogen-bond acceptors (Lipinski definition) is 4. The molecule has 0 aliphatic carbocycles. The van der Waals surface area contributed by atoms with Crippen molar-refractivity contribution in [3.63, 3.8) is 0 Å². The van der Waals surface area contributed by atoms with Gasteiger partial charge in [0.05, 0.1) is 19.0 Å². The van der Waals surface area contributed by atoms with Crippen LogP contribution in [0, 0.1) is 12.7 Å². The predicted octanol–water partition coefficient (Wildman–Crippen LogP) is 2.20. The SMILES string of the molecule is COc1ccc(CN(C)C(=O)c2cnc(C)cn2)cc1F. The molecule has 0 atom stereocenters. The predicted molar refractivity (Wildman–Crippen MR) is 75.5 cm³/mol. The number of ether oxygens (including phenoxy) is 1. The third-order valence-corrected chi connectivity index (χ3v) is 2.98. The van der Waals surface area contributed by atoms with Crippen LogP contribution in [0.25, 0.3) is 0 Å². The summed E-state index contributed by atoms with van der Waals surface area (Å²) in [6.45, 7) is 2.07. The smallest absolute Gasteiger partial charge is 0.274 e. The molecule has 0 aliphatic heterocycles. The summed E-state index contributed by atoms with van der Waals surface area (Å²) >= 11 is 0. The van der Waals surface area contributed by atoms with Gasteiger partial charge in [-0.05, 0) is 24.6 Å². The van der Waals surface area contributed by atoms with Crippen LogP contribution < -0.4 is 4.74 Å². The van der Waals surface area contributed by atoms with E-state index in [-0.39, 0.29) is 23.9 Å². The topological polar surface area (TPSA) is 55.3 Å². The fourth-order valence-corrected chi connectivity index (χ4v) is 1.85. The molecule has 0 radical (unpaired) electrons. The Balaban J connectivity index is 2.10. The molecule has 2 rings (SSSR count). The molecule has 2 aromatic rings. The largest absolute Gasteiger partial charge is 0.494 e. The Labute approximate surface area is 122 Å². The van der Waals surface area contributed by atoms with Gasteiger partial charge in [0.1, 0.15) is 5.69 Å². The van der Waals surface area contributed by atoms with Gasteiger partial charge in [0.25, 0.3) is 5.91 Å². The molecular formula is C15H16FN3O2. The van der Waals surface area contributed by atoms with Gasteiger partial charge in [-0.15, -0.1) is 0 Å². The molecule has 6 heteroatoms. The molecule has 0 unspecified atom stereocenters. The van der Waals surface area contributed by atoms with E-state index in [4.69, 9.17) is 4.74 Å². The number of hydrogen-bond donors (Lipinski definition) is 0. The van der Waals surface area contributed by atoms with E-state index in [1.165, 1.54) is 36.5 Å². The van der Waals surface area contributed by atoms with E-state index in [2.05, 4.69) is 9.97 Å². The highest BCUT2D eigenvalue weighted by Gasteiger charge is 2.14. The van der Waals surface area contributed by atoms with Crippen molar-refractivity contribution in [2.24, 2.45) is 0 Å². The van der Waals surface area contributed by atoms with E-state index in [0.717, 1.165) is 5.69 Å². The van der Waals surface area contributed by atoms with Crippen molar-refractivity contribution >= 4 is 5.91 Å². The second kappa shape index (κ2) is 6.30. The second-order valence-electron chi connectivity index (χ2n) is 4.67. The van der Waals surface area contributed by atoms with Crippen LogP contribution in [0.2, 0.25) is 0 Å². The monoisotopic (exact) mass is 289 g/mol. The summed E-state index contributed by atoms with van der Waals surface area (Å²) in [6, 6.07) is 4.60. The molecular weight excluding hydrogens is 273 g/mol. The summed E-state index contributed by atoms with van der Waals surface area (Å²) in [4.78, 5) is 21.7. The lowest BCUT2D eigenvalue weighted by Gasteiger charge is -2.17. The van der Waals surface area contributed by atoms with Crippen LogP contribution in [0.4, 0.5) is 4.39 Å². The fraction of sp³-hybridized carbons (Fsp3) is 0.267. The van der Waals surface area contributed by atoms with Crippen molar-refractivity contribution in [3.05, 3.63) is 53.4 Å². The fourth-order valence-electron chi connectivity index (χ4n) is 1.85. The number of aryl methyl sites for hydroxylation is 1. The molecule has 1 amide bonds. The number of halogens is 1. The highest BCUT2D eigenvalue weighted by Crippen LogP contribution is 2.18. The van der Waals surface area contributed by atoms with Crippen LogP contribution in [0.1, 0.15) is 21.7 Å². The Morgan fingerprint density at radius 1 is 1.33 bits per heavy atom. The lowest BCUT2D eigenvalue weighted by atomic mass is 10.2. The molecule has 1 aromatic carbocycles. The highest BCUT2D eigenvalue weighted by molar-refractivity contribution is 5.91. The Bertz CT molecular complexity index is 644. The molecule has 5 nitrogen and oxygen atoms in total. The number of nitrogens with zero attached hydrogens (tertiary/aromatic N) is 3. The number of carbonyl (C=O) groups excluding carboxylic acids is 1. The van der Waals surface area contributed by atoms with Crippen LogP contribution >= 0.6 is 0 Å². The Morgan fingerprint density at radius 2 is 2.10 bits per heavy atom. The third-order valence-electron chi connectivity index (χ3n) is 2.98. The van der Waals surface area contributed by atoms with Gasteiger partial charge >= 0.3 is 0 Å². The lowest BCUT2D eigenvalue weighted by Crippen LogP contribution is -2.27. The number of carbonyl (C=O) groups is 1. The maximum absolute atomic E-state index is 13.6. The minimum Gasteiger partial charge on any atom is -0.494 e. The summed E-state index contributed by atoms with van der Waals surface area (Å²) in [6.07, 6.45) is 2.97. The zero-order valence-electron chi connectivity index (χ0n) is 12.1. The Hall–Kier alpha value is -2.50. The van der Waals surface area contributed by atoms with Crippen LogP contribution in [-0.4, -0.2) is 34.9 Å². The zero-order valence-corrected chi connectivity index (χ0v) is 12.1. The van der Waals surface area contributed by atoms with E-state index in [1.807, 2.05) is 0 Å². The maximum Gasteiger partial charge on any atom is 0.274 e. The van der Waals surface area contributed by atoms with Crippen molar-refractivity contribution in [2.75, 3.05) is 14.2 Å². The summed E-state index contributed by atoms with van der Waals surface area (Å²) in [7, 11) is 3.04. The molecule has 110 valence electrons. The van der Waals surface area contributed by atoms with Gasteiger partial charge in [-0.3, -0.25) is 9.78 Å². The summed E-state index contributed by atoms with van der Waals surface area (Å²) < 4.78 is 18.5. The lowest BCUT2D eigenvalue weighted by molar-refractivity contribution is 0.0778. The average molecular weight is 289 g/mol. The second-order valence-corrected chi connectivity index (χ2v) is 4.67. The first-order valence-corrected chi connectivity index (χ1v) is 6.38. The van der Waals surface area contributed by atoms with E-state index >= 15 is 0 Å². The minimum atomic E-state index is -0.453. The Morgan fingerprint density at radius 3 is 2.67 bits per heavy atom. The molecule has 0 saturated carbocycles. The normalized spacial score (nSPS) is 10.3.